The molecule has 1 atom stereocenters. The summed E-state index contributed by atoms with van der Waals surface area (Å²) < 4.78 is 61.0. The number of nitrogens with zero attached hydrogens (tertiary/aromatic N) is 2. The van der Waals surface area contributed by atoms with Gasteiger partial charge in [-0.1, -0.05) is 42.5 Å². The Labute approximate surface area is 242 Å². The third kappa shape index (κ3) is 6.45. The number of aliphatic imine (C=N–C) groups is 1. The maximum atomic E-state index is 13.2. The Morgan fingerprint density at radius 3 is 2.05 bits per heavy atom. The van der Waals surface area contributed by atoms with E-state index in [2.05, 4.69) is 5.32 Å². The average molecular weight is 584 g/mol. The molecular weight excluding hydrogens is 551 g/mol. The molecule has 0 saturated heterocycles. The minimum absolute atomic E-state index is 0.146. The lowest BCUT2D eigenvalue weighted by Crippen LogP contribution is -2.48. The molecule has 0 aromatic heterocycles. The highest BCUT2D eigenvalue weighted by molar-refractivity contribution is 5.96. The molecule has 0 spiro atoms. The Kier molecular flexibility index (Phi) is 9.29. The molecule has 1 heterocycles. The molecule has 3 aromatic rings. The first-order chi connectivity index (χ1) is 20.1. The Balaban J connectivity index is 1.80. The van der Waals surface area contributed by atoms with Crippen LogP contribution < -0.4 is 19.5 Å². The number of esters is 1. The van der Waals surface area contributed by atoms with Gasteiger partial charge in [0, 0.05) is 5.70 Å². The fourth-order valence-electron chi connectivity index (χ4n) is 4.76. The number of methoxy groups -OCH3 is 4. The Bertz CT molecular complexity index is 1450. The van der Waals surface area contributed by atoms with E-state index in [-0.39, 0.29) is 13.1 Å². The van der Waals surface area contributed by atoms with E-state index in [0.29, 0.717) is 40.0 Å². The van der Waals surface area contributed by atoms with Gasteiger partial charge < -0.3 is 29.2 Å². The fourth-order valence-corrected chi connectivity index (χ4v) is 4.76. The molecular formula is C31H32F3N3O5. The predicted molar refractivity (Wildman–Crippen MR) is 151 cm³/mol. The third-order valence-electron chi connectivity index (χ3n) is 6.91. The summed E-state index contributed by atoms with van der Waals surface area (Å²) >= 11 is 0. The summed E-state index contributed by atoms with van der Waals surface area (Å²) in [4.78, 5) is 19.7. The average Bonchev–Trinajstić information content (AvgIpc) is 3.00. The molecule has 0 amide bonds. The maximum absolute atomic E-state index is 13.2. The fraction of sp³-hybridized carbons (Fsp3) is 0.290. The number of ether oxygens (including phenoxy) is 4. The molecule has 0 aliphatic carbocycles. The molecule has 4 rings (SSSR count). The van der Waals surface area contributed by atoms with Crippen molar-refractivity contribution in [2.24, 2.45) is 4.99 Å². The van der Waals surface area contributed by atoms with E-state index in [9.17, 15) is 18.0 Å². The number of alkyl halides is 3. The highest BCUT2D eigenvalue weighted by Crippen LogP contribution is 2.39. The first kappa shape index (κ1) is 30.3. The summed E-state index contributed by atoms with van der Waals surface area (Å²) in [5, 5.41) is 3.37. The van der Waals surface area contributed by atoms with Crippen LogP contribution in [-0.2, 0) is 28.8 Å². The summed E-state index contributed by atoms with van der Waals surface area (Å²) in [5.74, 6) is 1.27. The van der Waals surface area contributed by atoms with Crippen LogP contribution in [0.5, 0.6) is 17.2 Å². The highest BCUT2D eigenvalue weighted by Gasteiger charge is 2.35. The standard InChI is InChI=1S/C31H32F3N3O5/c1-19-26(29(38)42-5)27(22-9-7-6-8-10-22)36-30(37(19)18-20-11-13-23(14-12-20)31(32,33)34)35-17-21-15-24(39-2)28(41-4)25(16-21)40-3/h6-16,27H,17-18H2,1-5H3,(H,35,36). The van der Waals surface area contributed by atoms with E-state index < -0.39 is 23.8 Å². The van der Waals surface area contributed by atoms with Gasteiger partial charge in [-0.15, -0.1) is 0 Å². The zero-order valence-electron chi connectivity index (χ0n) is 23.9. The van der Waals surface area contributed by atoms with E-state index >= 15 is 0 Å². The van der Waals surface area contributed by atoms with Gasteiger partial charge in [0.1, 0.15) is 0 Å². The first-order valence-electron chi connectivity index (χ1n) is 13.0. The van der Waals surface area contributed by atoms with Crippen LogP contribution in [0.4, 0.5) is 13.2 Å². The minimum atomic E-state index is -4.45. The monoisotopic (exact) mass is 583 g/mol. The van der Waals surface area contributed by atoms with Gasteiger partial charge in [-0.05, 0) is 47.9 Å². The van der Waals surface area contributed by atoms with E-state index in [1.54, 1.807) is 24.0 Å². The Hall–Kier alpha value is -4.67. The van der Waals surface area contributed by atoms with Crippen molar-refractivity contribution in [2.75, 3.05) is 28.4 Å². The quantitative estimate of drug-likeness (QED) is 0.315. The van der Waals surface area contributed by atoms with Crippen LogP contribution in [0.3, 0.4) is 0 Å². The van der Waals surface area contributed by atoms with Gasteiger partial charge in [0.25, 0.3) is 0 Å². The molecule has 222 valence electrons. The second-order valence-corrected chi connectivity index (χ2v) is 9.43. The molecule has 8 nitrogen and oxygen atoms in total. The predicted octanol–water partition coefficient (Wildman–Crippen LogP) is 5.88. The number of hydrogen-bond acceptors (Lipinski definition) is 6. The van der Waals surface area contributed by atoms with Crippen molar-refractivity contribution in [3.05, 3.63) is 100 Å². The molecule has 11 heteroatoms. The first-order valence-corrected chi connectivity index (χ1v) is 13.0. The van der Waals surface area contributed by atoms with Gasteiger partial charge in [0.05, 0.1) is 58.7 Å². The number of hydrogen-bond donors (Lipinski definition) is 1. The van der Waals surface area contributed by atoms with Crippen molar-refractivity contribution in [2.45, 2.75) is 32.2 Å². The Morgan fingerprint density at radius 1 is 0.905 bits per heavy atom. The van der Waals surface area contributed by atoms with Crippen molar-refractivity contribution in [3.8, 4) is 17.2 Å². The van der Waals surface area contributed by atoms with Gasteiger partial charge in [-0.25, -0.2) is 9.79 Å². The molecule has 42 heavy (non-hydrogen) atoms. The van der Waals surface area contributed by atoms with Gasteiger partial charge >= 0.3 is 12.1 Å². The molecule has 1 N–H and O–H groups in total. The van der Waals surface area contributed by atoms with E-state index in [1.165, 1.54) is 40.6 Å². The van der Waals surface area contributed by atoms with Crippen LogP contribution in [0.1, 0.15) is 35.2 Å². The summed E-state index contributed by atoms with van der Waals surface area (Å²) in [6.07, 6.45) is -4.45. The number of carbonyl (C=O) groups excluding carboxylic acids is 1. The van der Waals surface area contributed by atoms with Crippen molar-refractivity contribution in [1.29, 1.82) is 0 Å². The smallest absolute Gasteiger partial charge is 0.416 e. The van der Waals surface area contributed by atoms with Crippen molar-refractivity contribution in [3.63, 3.8) is 0 Å². The highest BCUT2D eigenvalue weighted by atomic mass is 19.4. The summed E-state index contributed by atoms with van der Waals surface area (Å²) in [6, 6.07) is 17.2. The number of halogens is 3. The zero-order valence-corrected chi connectivity index (χ0v) is 23.9. The van der Waals surface area contributed by atoms with Crippen molar-refractivity contribution >= 4 is 11.9 Å². The zero-order chi connectivity index (χ0) is 30.4. The van der Waals surface area contributed by atoms with Gasteiger partial charge in [-0.3, -0.25) is 0 Å². The number of rotatable bonds is 9. The molecule has 1 aliphatic rings. The molecule has 0 saturated carbocycles. The van der Waals surface area contributed by atoms with E-state index in [1.807, 2.05) is 30.3 Å². The van der Waals surface area contributed by atoms with Gasteiger partial charge in [-0.2, -0.15) is 13.2 Å². The lowest BCUT2D eigenvalue weighted by molar-refractivity contribution is -0.138. The van der Waals surface area contributed by atoms with Crippen molar-refractivity contribution < 1.29 is 36.9 Å². The SMILES string of the molecule is COC(=O)C1=C(C)N(Cc2ccc(C(F)(F)F)cc2)C(=NCc2cc(OC)c(OC)c(OC)c2)NC1c1ccccc1. The molecule has 3 aromatic carbocycles. The number of guanidine groups is 1. The van der Waals surface area contributed by atoms with Gasteiger partial charge in [0.2, 0.25) is 5.75 Å². The summed E-state index contributed by atoms with van der Waals surface area (Å²) in [5.41, 5.74) is 2.33. The van der Waals surface area contributed by atoms with Crippen LogP contribution in [0, 0.1) is 0 Å². The van der Waals surface area contributed by atoms with E-state index in [4.69, 9.17) is 23.9 Å². The number of carbonyl (C=O) groups is 1. The lowest BCUT2D eigenvalue weighted by Gasteiger charge is -2.38. The molecule has 1 unspecified atom stereocenters. The minimum Gasteiger partial charge on any atom is -0.493 e. The maximum Gasteiger partial charge on any atom is 0.416 e. The van der Waals surface area contributed by atoms with Crippen molar-refractivity contribution in [1.82, 2.24) is 10.2 Å². The number of allylic oxidation sites excluding steroid dienone is 1. The third-order valence-corrected chi connectivity index (χ3v) is 6.91. The van der Waals surface area contributed by atoms with Crippen LogP contribution in [-0.4, -0.2) is 45.3 Å². The number of nitrogens with one attached hydrogen (secondary N) is 1. The molecule has 0 bridgehead atoms. The van der Waals surface area contributed by atoms with Crippen LogP contribution in [0.2, 0.25) is 0 Å². The summed E-state index contributed by atoms with van der Waals surface area (Å²) in [6.45, 7) is 2.10. The largest absolute Gasteiger partial charge is 0.493 e. The van der Waals surface area contributed by atoms with Crippen LogP contribution in [0.15, 0.2) is 83.0 Å². The lowest BCUT2D eigenvalue weighted by atomic mass is 9.94. The van der Waals surface area contributed by atoms with Crippen LogP contribution in [0.25, 0.3) is 0 Å². The normalized spacial score (nSPS) is 16.2. The van der Waals surface area contributed by atoms with Crippen LogP contribution >= 0.6 is 0 Å². The van der Waals surface area contributed by atoms with Gasteiger partial charge in [0.15, 0.2) is 17.5 Å². The number of benzene rings is 3. The topological polar surface area (TPSA) is 81.6 Å². The summed E-state index contributed by atoms with van der Waals surface area (Å²) in [7, 11) is 5.87. The second-order valence-electron chi connectivity index (χ2n) is 9.43. The second kappa shape index (κ2) is 12.9. The molecule has 0 fully saturated rings. The van der Waals surface area contributed by atoms with E-state index in [0.717, 1.165) is 23.3 Å². The molecule has 0 radical (unpaired) electrons. The Morgan fingerprint density at radius 2 is 1.52 bits per heavy atom. The molecule has 1 aliphatic heterocycles.